The van der Waals surface area contributed by atoms with Gasteiger partial charge in [-0.15, -0.1) is 0 Å². The minimum Gasteiger partial charge on any atom is -0.497 e. The second-order valence-corrected chi connectivity index (χ2v) is 16.5. The van der Waals surface area contributed by atoms with Crippen molar-refractivity contribution in [3.63, 3.8) is 0 Å². The molecule has 0 N–H and O–H groups in total. The number of hydrogen-bond donors (Lipinski definition) is 0. The summed E-state index contributed by atoms with van der Waals surface area (Å²) >= 11 is 0. The van der Waals surface area contributed by atoms with Crippen molar-refractivity contribution in [2.75, 3.05) is 7.11 Å². The first-order chi connectivity index (χ1) is 18.7. The third kappa shape index (κ3) is 3.69. The van der Waals surface area contributed by atoms with Gasteiger partial charge in [-0.25, -0.2) is 0 Å². The van der Waals surface area contributed by atoms with Crippen molar-refractivity contribution in [3.05, 3.63) is 47.6 Å². The minimum absolute atomic E-state index is 0.140. The van der Waals surface area contributed by atoms with Crippen LogP contribution in [0.5, 0.6) is 5.75 Å². The number of carbonyl (C=O) groups is 1. The predicted octanol–water partition coefficient (Wildman–Crippen LogP) is 9.94. The summed E-state index contributed by atoms with van der Waals surface area (Å²) in [6, 6.07) is 8.20. The summed E-state index contributed by atoms with van der Waals surface area (Å²) < 4.78 is 5.38. The molecule has 1 aromatic rings. The summed E-state index contributed by atoms with van der Waals surface area (Å²) in [5, 5.41) is 0. The smallest absolute Gasteiger partial charge is 0.164 e. The first-order valence-electron chi connectivity index (χ1n) is 16.3. The van der Waals surface area contributed by atoms with Gasteiger partial charge in [0, 0.05) is 5.41 Å². The third-order valence-corrected chi connectivity index (χ3v) is 14.5. The van der Waals surface area contributed by atoms with Crippen molar-refractivity contribution in [2.24, 2.45) is 56.7 Å². The monoisotopic (exact) mass is 542 g/mol. The zero-order chi connectivity index (χ0) is 28.9. The lowest BCUT2D eigenvalue weighted by atomic mass is 9.32. The topological polar surface area (TPSA) is 26.3 Å². The molecule has 9 unspecified atom stereocenters. The Balaban J connectivity index is 1.39. The van der Waals surface area contributed by atoms with Crippen molar-refractivity contribution in [1.29, 1.82) is 0 Å². The van der Waals surface area contributed by atoms with Crippen molar-refractivity contribution >= 4 is 11.9 Å². The van der Waals surface area contributed by atoms with Crippen molar-refractivity contribution in [2.45, 2.75) is 106 Å². The van der Waals surface area contributed by atoms with E-state index < -0.39 is 0 Å². The molecule has 2 heteroatoms. The van der Waals surface area contributed by atoms with Crippen molar-refractivity contribution in [1.82, 2.24) is 0 Å². The van der Waals surface area contributed by atoms with E-state index >= 15 is 0 Å². The Kier molecular flexibility index (Phi) is 6.43. The zero-order valence-corrected chi connectivity index (χ0v) is 26.7. The van der Waals surface area contributed by atoms with E-state index in [2.05, 4.69) is 73.3 Å². The molecule has 5 fully saturated rings. The number of ether oxygens (including phenoxy) is 1. The normalized spacial score (nSPS) is 46.6. The molecule has 0 bridgehead atoms. The summed E-state index contributed by atoms with van der Waals surface area (Å²) in [4.78, 5) is 14.1. The molecular weight excluding hydrogens is 488 g/mol. The molecule has 5 aliphatic rings. The molecule has 0 spiro atoms. The first kappa shape index (κ1) is 28.3. The molecule has 40 heavy (non-hydrogen) atoms. The maximum atomic E-state index is 14.1. The van der Waals surface area contributed by atoms with E-state index in [4.69, 9.17) is 4.74 Å². The van der Waals surface area contributed by atoms with Crippen LogP contribution >= 0.6 is 0 Å². The third-order valence-electron chi connectivity index (χ3n) is 14.5. The SMILES string of the molecule is C=C(C)C1CCC2(C)CCC3(C)C(CCC4C5(C)CC(=Cc6ccc(OC)cc6)C(=O)C(C)(C)C5CCC43C)C12. The van der Waals surface area contributed by atoms with Gasteiger partial charge >= 0.3 is 0 Å². The summed E-state index contributed by atoms with van der Waals surface area (Å²) in [5.41, 5.74) is 4.55. The number of rotatable bonds is 3. The van der Waals surface area contributed by atoms with Gasteiger partial charge in [0.2, 0.25) is 0 Å². The van der Waals surface area contributed by atoms with Gasteiger partial charge in [0.05, 0.1) is 7.11 Å². The second-order valence-electron chi connectivity index (χ2n) is 16.5. The number of fused-ring (bicyclic) bond motifs is 7. The van der Waals surface area contributed by atoms with Gasteiger partial charge < -0.3 is 4.74 Å². The van der Waals surface area contributed by atoms with Crippen LogP contribution in [0.25, 0.3) is 6.08 Å². The van der Waals surface area contributed by atoms with Crippen molar-refractivity contribution < 1.29 is 9.53 Å². The van der Waals surface area contributed by atoms with Gasteiger partial charge in [-0.1, -0.05) is 65.8 Å². The molecule has 5 aliphatic carbocycles. The molecule has 0 aliphatic heterocycles. The van der Waals surface area contributed by atoms with Crippen LogP contribution in [-0.2, 0) is 4.79 Å². The summed E-state index contributed by atoms with van der Waals surface area (Å²) in [6.07, 6.45) is 13.7. The number of benzene rings is 1. The molecule has 0 amide bonds. The van der Waals surface area contributed by atoms with Crippen LogP contribution in [0.15, 0.2) is 42.0 Å². The Hall–Kier alpha value is -1.83. The average Bonchev–Trinajstić information content (AvgIpc) is 3.26. The lowest BCUT2D eigenvalue weighted by Crippen LogP contribution is -2.66. The second kappa shape index (κ2) is 9.08. The summed E-state index contributed by atoms with van der Waals surface area (Å²) in [5.74, 6) is 4.62. The quantitative estimate of drug-likeness (QED) is 0.281. The Bertz CT molecular complexity index is 1240. The molecule has 6 rings (SSSR count). The molecule has 0 radical (unpaired) electrons. The molecule has 5 saturated carbocycles. The van der Waals surface area contributed by atoms with Gasteiger partial charge in [-0.3, -0.25) is 4.79 Å². The van der Waals surface area contributed by atoms with Gasteiger partial charge in [-0.05, 0) is 145 Å². The van der Waals surface area contributed by atoms with Crippen molar-refractivity contribution in [3.8, 4) is 5.75 Å². The molecule has 0 heterocycles. The molecule has 0 saturated heterocycles. The fourth-order valence-electron chi connectivity index (χ4n) is 12.4. The molecular formula is C38H54O2. The maximum absolute atomic E-state index is 14.1. The minimum atomic E-state index is -0.327. The fourth-order valence-corrected chi connectivity index (χ4v) is 12.4. The summed E-state index contributed by atoms with van der Waals surface area (Å²) in [7, 11) is 1.70. The maximum Gasteiger partial charge on any atom is 0.164 e. The number of ketones is 1. The lowest BCUT2D eigenvalue weighted by molar-refractivity contribution is -0.228. The molecule has 9 atom stereocenters. The molecule has 1 aromatic carbocycles. The molecule has 2 nitrogen and oxygen atoms in total. The van der Waals surface area contributed by atoms with Crippen LogP contribution in [0.2, 0.25) is 0 Å². The standard InChI is InChI=1S/C38H54O2/c1-24(2)28-16-18-35(5)20-21-37(7)29(32(28)35)14-15-31-36(6)23-26(22-25-10-12-27(40-9)13-11-25)33(39)34(3,4)30(36)17-19-38(31,37)8/h10-13,22,28-32H,1,14-21,23H2,2-9H3. The number of hydrogen-bond acceptors (Lipinski definition) is 2. The van der Waals surface area contributed by atoms with E-state index in [1.165, 1.54) is 56.9 Å². The van der Waals surface area contributed by atoms with Crippen LogP contribution in [0, 0.1) is 56.7 Å². The summed E-state index contributed by atoms with van der Waals surface area (Å²) in [6.45, 7) is 22.0. The predicted molar refractivity (Wildman–Crippen MR) is 166 cm³/mol. The Morgan fingerprint density at radius 1 is 0.875 bits per heavy atom. The van der Waals surface area contributed by atoms with Crippen LogP contribution in [0.4, 0.5) is 0 Å². The van der Waals surface area contributed by atoms with E-state index in [-0.39, 0.29) is 10.8 Å². The lowest BCUT2D eigenvalue weighted by Gasteiger charge is -2.72. The van der Waals surface area contributed by atoms with Crippen LogP contribution in [-0.4, -0.2) is 12.9 Å². The number of carbonyl (C=O) groups excluding carboxylic acids is 1. The van der Waals surface area contributed by atoms with Gasteiger partial charge in [0.15, 0.2) is 5.78 Å². The van der Waals surface area contributed by atoms with Gasteiger partial charge in [0.1, 0.15) is 5.75 Å². The molecule has 218 valence electrons. The number of methoxy groups -OCH3 is 1. The van der Waals surface area contributed by atoms with E-state index in [0.29, 0.717) is 39.8 Å². The van der Waals surface area contributed by atoms with Gasteiger partial charge in [0.25, 0.3) is 0 Å². The Morgan fingerprint density at radius 2 is 1.57 bits per heavy atom. The van der Waals surface area contributed by atoms with Crippen LogP contribution < -0.4 is 4.74 Å². The van der Waals surface area contributed by atoms with E-state index in [1.807, 2.05) is 12.1 Å². The zero-order valence-electron chi connectivity index (χ0n) is 26.7. The largest absolute Gasteiger partial charge is 0.497 e. The Labute approximate surface area is 244 Å². The number of allylic oxidation sites excluding steroid dienone is 2. The van der Waals surface area contributed by atoms with Gasteiger partial charge in [-0.2, -0.15) is 0 Å². The first-order valence-corrected chi connectivity index (χ1v) is 16.3. The van der Waals surface area contributed by atoms with E-state index in [0.717, 1.165) is 35.1 Å². The highest BCUT2D eigenvalue weighted by Crippen LogP contribution is 2.77. The van der Waals surface area contributed by atoms with Crippen LogP contribution in [0.3, 0.4) is 0 Å². The highest BCUT2D eigenvalue weighted by atomic mass is 16.5. The van der Waals surface area contributed by atoms with E-state index in [1.54, 1.807) is 7.11 Å². The van der Waals surface area contributed by atoms with Crippen LogP contribution in [0.1, 0.15) is 112 Å². The molecule has 0 aromatic heterocycles. The fraction of sp³-hybridized carbons (Fsp3) is 0.711. The highest BCUT2D eigenvalue weighted by molar-refractivity contribution is 6.04. The Morgan fingerprint density at radius 3 is 2.23 bits per heavy atom. The average molecular weight is 543 g/mol. The number of Topliss-reactive ketones (excluding diaryl/α,β-unsaturated/α-hetero) is 1. The highest BCUT2D eigenvalue weighted by Gasteiger charge is 2.70. The van der Waals surface area contributed by atoms with E-state index in [9.17, 15) is 4.79 Å².